The zero-order chi connectivity index (χ0) is 50.8. The first kappa shape index (κ1) is 44.3. The second-order valence-corrected chi connectivity index (χ2v) is 20.0. The SMILES string of the molecule is c1ccc(-n2c3ccccc3c3c(-c4ccccc4-c4ccc(N(c5ccc(-c6ccc(-c7ccc8ccccc8c7)cc6)cc5)c5ccc(-c6cccc7ccccc67)c6oc7ccccc7c56)cc4)cccc32)cc1. The third-order valence-electron chi connectivity index (χ3n) is 15.6. The summed E-state index contributed by atoms with van der Waals surface area (Å²) in [5, 5.41) is 9.50. The van der Waals surface area contributed by atoms with Crippen LogP contribution in [0.4, 0.5) is 17.1 Å². The summed E-state index contributed by atoms with van der Waals surface area (Å²) < 4.78 is 9.37. The first-order chi connectivity index (χ1) is 38.2. The monoisotopic (exact) mass is 980 g/mol. The summed E-state index contributed by atoms with van der Waals surface area (Å²) >= 11 is 0. The van der Waals surface area contributed by atoms with Crippen LogP contribution in [0.3, 0.4) is 0 Å². The largest absolute Gasteiger partial charge is 0.455 e. The van der Waals surface area contributed by atoms with Crippen LogP contribution in [-0.2, 0) is 0 Å². The van der Waals surface area contributed by atoms with Gasteiger partial charge >= 0.3 is 0 Å². The lowest BCUT2D eigenvalue weighted by Crippen LogP contribution is -2.10. The van der Waals surface area contributed by atoms with Crippen LogP contribution in [0, 0.1) is 0 Å². The summed E-state index contributed by atoms with van der Waals surface area (Å²) in [6.07, 6.45) is 0. The van der Waals surface area contributed by atoms with E-state index in [0.717, 1.165) is 66.9 Å². The Bertz CT molecular complexity index is 4710. The maximum Gasteiger partial charge on any atom is 0.145 e. The number of hydrogen-bond acceptors (Lipinski definition) is 2. The Kier molecular flexibility index (Phi) is 10.5. The summed E-state index contributed by atoms with van der Waals surface area (Å²) in [5.74, 6) is 0. The molecule has 15 rings (SSSR count). The van der Waals surface area contributed by atoms with Crippen LogP contribution in [0.25, 0.3) is 127 Å². The van der Waals surface area contributed by atoms with Crippen LogP contribution in [0.2, 0.25) is 0 Å². The number of hydrogen-bond donors (Lipinski definition) is 0. The van der Waals surface area contributed by atoms with Crippen molar-refractivity contribution in [3.05, 3.63) is 291 Å². The summed E-state index contributed by atoms with van der Waals surface area (Å²) in [6, 6.07) is 106. The van der Waals surface area contributed by atoms with Gasteiger partial charge in [-0.15, -0.1) is 0 Å². The molecule has 0 atom stereocenters. The molecule has 0 aliphatic rings. The number of aromatic nitrogens is 1. The van der Waals surface area contributed by atoms with Gasteiger partial charge in [-0.05, 0) is 144 Å². The highest BCUT2D eigenvalue weighted by Crippen LogP contribution is 2.48. The third kappa shape index (κ3) is 7.51. The molecular formula is C74H48N2O. The molecule has 0 fully saturated rings. The molecule has 0 saturated carbocycles. The van der Waals surface area contributed by atoms with E-state index < -0.39 is 0 Å². The highest BCUT2D eigenvalue weighted by atomic mass is 16.3. The van der Waals surface area contributed by atoms with Crippen molar-refractivity contribution in [1.82, 2.24) is 4.57 Å². The van der Waals surface area contributed by atoms with E-state index in [1.165, 1.54) is 76.7 Å². The van der Waals surface area contributed by atoms with Gasteiger partial charge in [-0.25, -0.2) is 0 Å². The zero-order valence-corrected chi connectivity index (χ0v) is 42.0. The van der Waals surface area contributed by atoms with Crippen molar-refractivity contribution in [2.75, 3.05) is 4.90 Å². The van der Waals surface area contributed by atoms with Crippen molar-refractivity contribution < 1.29 is 4.42 Å². The summed E-state index contributed by atoms with van der Waals surface area (Å²) in [4.78, 5) is 2.40. The minimum absolute atomic E-state index is 0.854. The molecule has 0 radical (unpaired) electrons. The average molecular weight is 981 g/mol. The number of rotatable bonds is 9. The van der Waals surface area contributed by atoms with E-state index in [1.807, 2.05) is 0 Å². The third-order valence-corrected chi connectivity index (χ3v) is 15.6. The van der Waals surface area contributed by atoms with Crippen molar-refractivity contribution in [2.45, 2.75) is 0 Å². The highest BCUT2D eigenvalue weighted by Gasteiger charge is 2.24. The van der Waals surface area contributed by atoms with Gasteiger partial charge in [0.15, 0.2) is 0 Å². The predicted octanol–water partition coefficient (Wildman–Crippen LogP) is 20.8. The Morgan fingerprint density at radius 3 is 1.60 bits per heavy atom. The van der Waals surface area contributed by atoms with Crippen molar-refractivity contribution >= 4 is 82.4 Å². The second-order valence-electron chi connectivity index (χ2n) is 20.0. The highest BCUT2D eigenvalue weighted by molar-refractivity contribution is 6.19. The van der Waals surface area contributed by atoms with Gasteiger partial charge < -0.3 is 13.9 Å². The average Bonchev–Trinajstić information content (AvgIpc) is 4.16. The standard InChI is InChI=1S/C74H48N2O/c1-2-20-57(21-3-1)76-68-29-12-10-25-66(68)72-64(28-15-30-69(72)76)62-24-9-8-23-61(62)54-40-44-59(45-41-54)75(58-42-38-51(39-43-58)50-32-34-52(35-33-50)56-37-36-49-16-4-5-18-55(49)48-56)70-47-46-65(63-27-14-19-53-17-6-7-22-60(53)63)74-73(70)67-26-11-13-31-71(67)77-74/h1-48H. The van der Waals surface area contributed by atoms with Crippen LogP contribution >= 0.6 is 0 Å². The Labute approximate surface area is 446 Å². The molecule has 2 aromatic heterocycles. The van der Waals surface area contributed by atoms with E-state index in [4.69, 9.17) is 4.42 Å². The van der Waals surface area contributed by atoms with Gasteiger partial charge in [-0.3, -0.25) is 0 Å². The van der Waals surface area contributed by atoms with Crippen LogP contribution in [-0.4, -0.2) is 4.57 Å². The molecule has 0 bridgehead atoms. The first-order valence-electron chi connectivity index (χ1n) is 26.4. The van der Waals surface area contributed by atoms with E-state index in [9.17, 15) is 0 Å². The Hall–Kier alpha value is -10.2. The summed E-state index contributed by atoms with van der Waals surface area (Å²) in [5.41, 5.74) is 20.0. The molecule has 0 spiro atoms. The van der Waals surface area contributed by atoms with Crippen molar-refractivity contribution in [3.63, 3.8) is 0 Å². The van der Waals surface area contributed by atoms with E-state index in [0.29, 0.717) is 0 Å². The molecule has 3 heteroatoms. The number of anilines is 3. The lowest BCUT2D eigenvalue weighted by Gasteiger charge is -2.27. The maximum atomic E-state index is 6.98. The van der Waals surface area contributed by atoms with E-state index in [2.05, 4.69) is 301 Å². The molecular weight excluding hydrogens is 933 g/mol. The lowest BCUT2D eigenvalue weighted by molar-refractivity contribution is 0.670. The molecule has 0 unspecified atom stereocenters. The number of fused-ring (bicyclic) bond motifs is 8. The molecule has 15 aromatic rings. The van der Waals surface area contributed by atoms with Gasteiger partial charge in [0.25, 0.3) is 0 Å². The number of benzene rings is 13. The molecule has 0 aliphatic carbocycles. The summed E-state index contributed by atoms with van der Waals surface area (Å²) in [7, 11) is 0. The topological polar surface area (TPSA) is 21.3 Å². The van der Waals surface area contributed by atoms with Crippen LogP contribution in [0.1, 0.15) is 0 Å². The lowest BCUT2D eigenvalue weighted by atomic mass is 9.91. The van der Waals surface area contributed by atoms with E-state index >= 15 is 0 Å². The van der Waals surface area contributed by atoms with Gasteiger partial charge in [0.1, 0.15) is 11.2 Å². The Balaban J connectivity index is 0.867. The number of nitrogens with zero attached hydrogens (tertiary/aromatic N) is 2. The normalized spacial score (nSPS) is 11.6. The van der Waals surface area contributed by atoms with Crippen molar-refractivity contribution in [2.24, 2.45) is 0 Å². The van der Waals surface area contributed by atoms with Gasteiger partial charge in [-0.1, -0.05) is 218 Å². The molecule has 3 nitrogen and oxygen atoms in total. The minimum Gasteiger partial charge on any atom is -0.455 e. The zero-order valence-electron chi connectivity index (χ0n) is 42.0. The molecule has 0 amide bonds. The van der Waals surface area contributed by atoms with Gasteiger partial charge in [0, 0.05) is 38.8 Å². The second kappa shape index (κ2) is 18.3. The molecule has 0 N–H and O–H groups in total. The molecule has 0 saturated heterocycles. The van der Waals surface area contributed by atoms with Crippen LogP contribution in [0.15, 0.2) is 296 Å². The first-order valence-corrected chi connectivity index (χ1v) is 26.4. The fourth-order valence-electron chi connectivity index (χ4n) is 12.0. The minimum atomic E-state index is 0.854. The predicted molar refractivity (Wildman–Crippen MR) is 325 cm³/mol. The number of furan rings is 1. The molecule has 360 valence electrons. The van der Waals surface area contributed by atoms with E-state index in [1.54, 1.807) is 0 Å². The van der Waals surface area contributed by atoms with E-state index in [-0.39, 0.29) is 0 Å². The quantitative estimate of drug-likeness (QED) is 0.144. The van der Waals surface area contributed by atoms with Crippen molar-refractivity contribution in [3.8, 4) is 61.3 Å². The van der Waals surface area contributed by atoms with Gasteiger partial charge in [-0.2, -0.15) is 0 Å². The fraction of sp³-hybridized carbons (Fsp3) is 0. The van der Waals surface area contributed by atoms with Crippen LogP contribution in [0.5, 0.6) is 0 Å². The van der Waals surface area contributed by atoms with Crippen molar-refractivity contribution in [1.29, 1.82) is 0 Å². The molecule has 0 aliphatic heterocycles. The molecule has 13 aromatic carbocycles. The van der Waals surface area contributed by atoms with Gasteiger partial charge in [0.05, 0.1) is 22.1 Å². The Morgan fingerprint density at radius 2 is 0.818 bits per heavy atom. The number of para-hydroxylation sites is 3. The van der Waals surface area contributed by atoms with Gasteiger partial charge in [0.2, 0.25) is 0 Å². The Morgan fingerprint density at radius 1 is 0.286 bits per heavy atom. The smallest absolute Gasteiger partial charge is 0.145 e. The fourth-order valence-corrected chi connectivity index (χ4v) is 12.0. The molecule has 77 heavy (non-hydrogen) atoms. The van der Waals surface area contributed by atoms with Crippen LogP contribution < -0.4 is 4.90 Å². The molecule has 2 heterocycles. The maximum absolute atomic E-state index is 6.98. The summed E-state index contributed by atoms with van der Waals surface area (Å²) in [6.45, 7) is 0.